The van der Waals surface area contributed by atoms with Crippen LogP contribution >= 0.6 is 11.6 Å². The van der Waals surface area contributed by atoms with E-state index in [4.69, 9.17) is 11.6 Å². The van der Waals surface area contributed by atoms with Crippen molar-refractivity contribution in [1.82, 2.24) is 9.97 Å². The number of carbonyl (C=O) groups is 1. The molecular formula is C22H22ClN3O. The Hall–Kier alpha value is -2.59. The highest BCUT2D eigenvalue weighted by Gasteiger charge is 2.60. The Morgan fingerprint density at radius 2 is 1.85 bits per heavy atom. The molecule has 5 heteroatoms. The maximum Gasteiger partial charge on any atom is 0.223 e. The molecule has 2 atom stereocenters. The van der Waals surface area contributed by atoms with E-state index in [1.807, 2.05) is 48.5 Å². The van der Waals surface area contributed by atoms with Gasteiger partial charge in [-0.1, -0.05) is 67.9 Å². The molecule has 0 spiro atoms. The molecule has 2 N–H and O–H groups in total. The predicted molar refractivity (Wildman–Crippen MR) is 109 cm³/mol. The lowest BCUT2D eigenvalue weighted by molar-refractivity contribution is -0.114. The van der Waals surface area contributed by atoms with Crippen LogP contribution in [0.3, 0.4) is 0 Å². The average Bonchev–Trinajstić information content (AvgIpc) is 2.97. The van der Waals surface area contributed by atoms with Crippen LogP contribution in [0.25, 0.3) is 11.3 Å². The minimum absolute atomic E-state index is 0.0637. The second-order valence-electron chi connectivity index (χ2n) is 7.73. The first-order valence-corrected chi connectivity index (χ1v) is 9.44. The molecular weight excluding hydrogens is 358 g/mol. The third kappa shape index (κ3) is 3.26. The largest absolute Gasteiger partial charge is 0.327 e. The number of nitrogens with zero attached hydrogens (tertiary/aromatic N) is 1. The minimum Gasteiger partial charge on any atom is -0.327 e. The fourth-order valence-electron chi connectivity index (χ4n) is 4.15. The molecule has 1 heterocycles. The Morgan fingerprint density at radius 1 is 1.11 bits per heavy atom. The first-order chi connectivity index (χ1) is 12.9. The molecule has 27 heavy (non-hydrogen) atoms. The number of imidazole rings is 1. The summed E-state index contributed by atoms with van der Waals surface area (Å²) in [4.78, 5) is 19.6. The van der Waals surface area contributed by atoms with E-state index in [9.17, 15) is 4.79 Å². The molecule has 0 unspecified atom stereocenters. The van der Waals surface area contributed by atoms with Gasteiger partial charge in [0.05, 0.1) is 5.69 Å². The van der Waals surface area contributed by atoms with E-state index in [1.54, 1.807) is 0 Å². The van der Waals surface area contributed by atoms with Crippen molar-refractivity contribution in [3.63, 3.8) is 0 Å². The predicted octanol–water partition coefficient (Wildman–Crippen LogP) is 5.60. The Labute approximate surface area is 164 Å². The van der Waals surface area contributed by atoms with E-state index < -0.39 is 0 Å². The molecule has 1 aliphatic carbocycles. The second kappa shape index (κ2) is 6.54. The number of anilines is 1. The van der Waals surface area contributed by atoms with E-state index in [1.165, 1.54) is 12.5 Å². The zero-order valence-electron chi connectivity index (χ0n) is 15.6. The molecule has 0 radical (unpaired) electrons. The van der Waals surface area contributed by atoms with Crippen molar-refractivity contribution in [2.75, 3.05) is 5.32 Å². The van der Waals surface area contributed by atoms with Gasteiger partial charge < -0.3 is 4.98 Å². The summed E-state index contributed by atoms with van der Waals surface area (Å²) in [5.41, 5.74) is 4.27. The number of hydrogen-bond acceptors (Lipinski definition) is 2. The molecule has 2 aromatic carbocycles. The van der Waals surface area contributed by atoms with Crippen molar-refractivity contribution in [2.45, 2.75) is 32.6 Å². The Kier molecular flexibility index (Phi) is 4.31. The van der Waals surface area contributed by atoms with Crippen LogP contribution in [-0.4, -0.2) is 15.9 Å². The SMILES string of the molecule is CC(=O)Nc1nc(-c2ccccc2)c([C@@H]2[C@@H](c3cccc(Cl)c3)C2(C)C)[nH]1. The highest BCUT2D eigenvalue weighted by Crippen LogP contribution is 2.70. The summed E-state index contributed by atoms with van der Waals surface area (Å²) in [5, 5.41) is 3.53. The zero-order valence-corrected chi connectivity index (χ0v) is 16.3. The first kappa shape index (κ1) is 17.8. The number of nitrogens with one attached hydrogen (secondary N) is 2. The smallest absolute Gasteiger partial charge is 0.223 e. The number of H-pyrrole nitrogens is 1. The summed E-state index contributed by atoms with van der Waals surface area (Å²) in [7, 11) is 0. The molecule has 1 aromatic heterocycles. The number of carbonyl (C=O) groups excluding carboxylic acids is 1. The number of hydrogen-bond donors (Lipinski definition) is 2. The van der Waals surface area contributed by atoms with E-state index >= 15 is 0 Å². The molecule has 1 saturated carbocycles. The van der Waals surface area contributed by atoms with Gasteiger partial charge in [0, 0.05) is 29.1 Å². The van der Waals surface area contributed by atoms with Crippen molar-refractivity contribution < 1.29 is 4.79 Å². The minimum atomic E-state index is -0.142. The highest BCUT2D eigenvalue weighted by atomic mass is 35.5. The number of halogens is 1. The summed E-state index contributed by atoms with van der Waals surface area (Å²) < 4.78 is 0. The normalized spacial score (nSPS) is 20.3. The number of amides is 1. The molecule has 0 saturated heterocycles. The third-order valence-electron chi connectivity index (χ3n) is 5.42. The van der Waals surface area contributed by atoms with Gasteiger partial charge in [0.1, 0.15) is 0 Å². The Bertz CT molecular complexity index is 994. The number of aromatic nitrogens is 2. The van der Waals surface area contributed by atoms with Crippen LogP contribution in [0.5, 0.6) is 0 Å². The second-order valence-corrected chi connectivity index (χ2v) is 8.16. The van der Waals surface area contributed by atoms with Gasteiger partial charge in [-0.3, -0.25) is 10.1 Å². The van der Waals surface area contributed by atoms with Crippen molar-refractivity contribution in [3.8, 4) is 11.3 Å². The fourth-order valence-corrected chi connectivity index (χ4v) is 4.35. The van der Waals surface area contributed by atoms with Gasteiger partial charge in [-0.2, -0.15) is 0 Å². The summed E-state index contributed by atoms with van der Waals surface area (Å²) in [5.74, 6) is 0.950. The molecule has 4 rings (SSSR count). The van der Waals surface area contributed by atoms with Crippen LogP contribution in [0.2, 0.25) is 5.02 Å². The maximum atomic E-state index is 11.5. The lowest BCUT2D eigenvalue weighted by Gasteiger charge is -2.04. The number of rotatable bonds is 4. The van der Waals surface area contributed by atoms with Gasteiger partial charge in [-0.15, -0.1) is 0 Å². The Morgan fingerprint density at radius 3 is 2.52 bits per heavy atom. The van der Waals surface area contributed by atoms with Crippen LogP contribution in [-0.2, 0) is 4.79 Å². The Balaban J connectivity index is 1.78. The number of aromatic amines is 1. The van der Waals surface area contributed by atoms with Crippen molar-refractivity contribution >= 4 is 23.5 Å². The molecule has 3 aromatic rings. The van der Waals surface area contributed by atoms with E-state index in [0.717, 1.165) is 22.0 Å². The number of benzene rings is 2. The highest BCUT2D eigenvalue weighted by molar-refractivity contribution is 6.30. The molecule has 138 valence electrons. The summed E-state index contributed by atoms with van der Waals surface area (Å²) in [6.45, 7) is 6.01. The standard InChI is InChI=1S/C22H22ClN3O/c1-13(27)24-21-25-19(14-8-5-4-6-9-14)20(26-21)18-17(22(18,2)3)15-10-7-11-16(23)12-15/h4-12,17-18H,1-3H3,(H2,24,25,26,27)/t17-,18+/m1/s1. The van der Waals surface area contributed by atoms with E-state index in [-0.39, 0.29) is 17.2 Å². The van der Waals surface area contributed by atoms with Crippen LogP contribution in [0.1, 0.15) is 43.9 Å². The van der Waals surface area contributed by atoms with Gasteiger partial charge in [-0.05, 0) is 29.0 Å². The van der Waals surface area contributed by atoms with Crippen molar-refractivity contribution in [1.29, 1.82) is 0 Å². The van der Waals surface area contributed by atoms with Gasteiger partial charge in [0.2, 0.25) is 11.9 Å². The molecule has 0 aliphatic heterocycles. The first-order valence-electron chi connectivity index (χ1n) is 9.06. The van der Waals surface area contributed by atoms with Gasteiger partial charge in [0.15, 0.2) is 0 Å². The summed E-state index contributed by atoms with van der Waals surface area (Å²) >= 11 is 6.22. The van der Waals surface area contributed by atoms with Gasteiger partial charge in [0.25, 0.3) is 0 Å². The van der Waals surface area contributed by atoms with Crippen molar-refractivity contribution in [3.05, 3.63) is 70.9 Å². The topological polar surface area (TPSA) is 57.8 Å². The summed E-state index contributed by atoms with van der Waals surface area (Å²) in [6, 6.07) is 18.1. The molecule has 4 nitrogen and oxygen atoms in total. The molecule has 1 fully saturated rings. The van der Waals surface area contributed by atoms with Crippen LogP contribution in [0, 0.1) is 5.41 Å². The lowest BCUT2D eigenvalue weighted by atomic mass is 10.0. The van der Waals surface area contributed by atoms with Gasteiger partial charge in [-0.25, -0.2) is 4.98 Å². The van der Waals surface area contributed by atoms with Crippen molar-refractivity contribution in [2.24, 2.45) is 5.41 Å². The quantitative estimate of drug-likeness (QED) is 0.620. The average molecular weight is 380 g/mol. The van der Waals surface area contributed by atoms with E-state index in [2.05, 4.69) is 35.2 Å². The molecule has 1 aliphatic rings. The fraction of sp³-hybridized carbons (Fsp3) is 0.273. The lowest BCUT2D eigenvalue weighted by Crippen LogP contribution is -2.07. The zero-order chi connectivity index (χ0) is 19.2. The van der Waals surface area contributed by atoms with Gasteiger partial charge >= 0.3 is 0 Å². The maximum absolute atomic E-state index is 11.5. The summed E-state index contributed by atoms with van der Waals surface area (Å²) in [6.07, 6.45) is 0. The van der Waals surface area contributed by atoms with E-state index in [0.29, 0.717) is 11.9 Å². The third-order valence-corrected chi connectivity index (χ3v) is 5.65. The van der Waals surface area contributed by atoms with Crippen LogP contribution in [0.4, 0.5) is 5.95 Å². The van der Waals surface area contributed by atoms with Crippen LogP contribution < -0.4 is 5.32 Å². The molecule has 0 bridgehead atoms. The monoisotopic (exact) mass is 379 g/mol. The van der Waals surface area contributed by atoms with Crippen LogP contribution in [0.15, 0.2) is 54.6 Å². The molecule has 1 amide bonds.